The third-order valence-electron chi connectivity index (χ3n) is 3.96. The van der Waals surface area contributed by atoms with Crippen LogP contribution in [0.4, 0.5) is 0 Å². The van der Waals surface area contributed by atoms with Gasteiger partial charge in [-0.3, -0.25) is 0 Å². The summed E-state index contributed by atoms with van der Waals surface area (Å²) in [6.07, 6.45) is 5.01. The van der Waals surface area contributed by atoms with Crippen LogP contribution in [-0.4, -0.2) is 9.97 Å². The monoisotopic (exact) mass is 266 g/mol. The molecule has 18 heavy (non-hydrogen) atoms. The number of rotatable bonds is 2. The zero-order chi connectivity index (χ0) is 13.3. The van der Waals surface area contributed by atoms with Crippen molar-refractivity contribution >= 4 is 11.6 Å². The van der Waals surface area contributed by atoms with Gasteiger partial charge in [-0.05, 0) is 31.2 Å². The summed E-state index contributed by atoms with van der Waals surface area (Å²) in [6, 6.07) is 1.90. The molecule has 0 saturated heterocycles. The topological polar surface area (TPSA) is 25.8 Å². The zero-order valence-corrected chi connectivity index (χ0v) is 12.6. The van der Waals surface area contributed by atoms with Crippen LogP contribution in [0.2, 0.25) is 5.15 Å². The number of hydrogen-bond acceptors (Lipinski definition) is 2. The van der Waals surface area contributed by atoms with Gasteiger partial charge < -0.3 is 0 Å². The van der Waals surface area contributed by atoms with Gasteiger partial charge in [0.25, 0.3) is 0 Å². The quantitative estimate of drug-likeness (QED) is 0.724. The van der Waals surface area contributed by atoms with Crippen LogP contribution in [0.1, 0.15) is 70.8 Å². The van der Waals surface area contributed by atoms with Crippen molar-refractivity contribution < 1.29 is 0 Å². The number of halogens is 1. The van der Waals surface area contributed by atoms with E-state index in [4.69, 9.17) is 16.6 Å². The van der Waals surface area contributed by atoms with Crippen LogP contribution in [-0.2, 0) is 5.41 Å². The zero-order valence-electron chi connectivity index (χ0n) is 11.8. The highest BCUT2D eigenvalue weighted by molar-refractivity contribution is 6.29. The molecular formula is C15H23ClN2. The van der Waals surface area contributed by atoms with Gasteiger partial charge in [-0.2, -0.15) is 0 Å². The molecule has 2 rings (SSSR count). The fourth-order valence-electron chi connectivity index (χ4n) is 2.68. The summed E-state index contributed by atoms with van der Waals surface area (Å²) < 4.78 is 0. The van der Waals surface area contributed by atoms with Crippen LogP contribution >= 0.6 is 11.6 Å². The maximum Gasteiger partial charge on any atom is 0.133 e. The maximum absolute atomic E-state index is 6.15. The van der Waals surface area contributed by atoms with Crippen molar-refractivity contribution in [2.45, 2.75) is 64.7 Å². The largest absolute Gasteiger partial charge is 0.237 e. The second-order valence-corrected chi connectivity index (χ2v) is 6.86. The van der Waals surface area contributed by atoms with Crippen LogP contribution in [0.5, 0.6) is 0 Å². The Bertz CT molecular complexity index is 423. The highest BCUT2D eigenvalue weighted by atomic mass is 35.5. The van der Waals surface area contributed by atoms with Crippen LogP contribution in [0, 0.1) is 5.92 Å². The molecule has 1 aromatic heterocycles. The standard InChI is InChI=1S/C15H23ClN2/c1-5-10-6-7-11(8-10)14-17-12(15(2,3)4)9-13(16)18-14/h9-11H,5-8H2,1-4H3. The Kier molecular flexibility index (Phi) is 3.96. The average molecular weight is 267 g/mol. The fourth-order valence-corrected chi connectivity index (χ4v) is 2.87. The number of hydrogen-bond donors (Lipinski definition) is 0. The van der Waals surface area contributed by atoms with Crippen LogP contribution in [0.15, 0.2) is 6.07 Å². The first-order chi connectivity index (χ1) is 8.40. The predicted molar refractivity (Wildman–Crippen MR) is 76.1 cm³/mol. The Morgan fingerprint density at radius 1 is 1.28 bits per heavy atom. The lowest BCUT2D eigenvalue weighted by Crippen LogP contribution is -2.16. The maximum atomic E-state index is 6.15. The van der Waals surface area contributed by atoms with Crippen molar-refractivity contribution in [2.75, 3.05) is 0 Å². The molecule has 3 heteroatoms. The lowest BCUT2D eigenvalue weighted by atomic mass is 9.91. The summed E-state index contributed by atoms with van der Waals surface area (Å²) in [6.45, 7) is 8.77. The molecule has 1 aliphatic rings. The molecule has 2 atom stereocenters. The number of aromatic nitrogens is 2. The van der Waals surface area contributed by atoms with Gasteiger partial charge in [0.1, 0.15) is 11.0 Å². The molecule has 1 aromatic rings. The van der Waals surface area contributed by atoms with E-state index < -0.39 is 0 Å². The van der Waals surface area contributed by atoms with E-state index in [1.54, 1.807) is 0 Å². The minimum Gasteiger partial charge on any atom is -0.237 e. The smallest absolute Gasteiger partial charge is 0.133 e. The van der Waals surface area contributed by atoms with Gasteiger partial charge in [-0.25, -0.2) is 9.97 Å². The van der Waals surface area contributed by atoms with E-state index in [1.807, 2.05) is 6.07 Å². The molecule has 0 amide bonds. The average Bonchev–Trinajstić information content (AvgIpc) is 2.75. The van der Waals surface area contributed by atoms with Crippen molar-refractivity contribution in [3.63, 3.8) is 0 Å². The molecule has 100 valence electrons. The summed E-state index contributed by atoms with van der Waals surface area (Å²) in [5, 5.41) is 0.588. The van der Waals surface area contributed by atoms with Crippen molar-refractivity contribution in [3.05, 3.63) is 22.7 Å². The van der Waals surface area contributed by atoms with Crippen LogP contribution in [0.25, 0.3) is 0 Å². The Labute approximate surface area is 115 Å². The fraction of sp³-hybridized carbons (Fsp3) is 0.733. The molecule has 2 nitrogen and oxygen atoms in total. The molecule has 0 N–H and O–H groups in total. The van der Waals surface area contributed by atoms with E-state index in [-0.39, 0.29) is 5.41 Å². The first kappa shape index (κ1) is 13.8. The first-order valence-corrected chi connectivity index (χ1v) is 7.33. The molecule has 0 aromatic carbocycles. The third kappa shape index (κ3) is 3.03. The van der Waals surface area contributed by atoms with E-state index in [0.29, 0.717) is 11.1 Å². The molecule has 1 aliphatic carbocycles. The van der Waals surface area contributed by atoms with Crippen LogP contribution < -0.4 is 0 Å². The Morgan fingerprint density at radius 3 is 2.56 bits per heavy atom. The normalized spacial score (nSPS) is 24.5. The van der Waals surface area contributed by atoms with Gasteiger partial charge in [-0.1, -0.05) is 45.7 Å². The Hall–Kier alpha value is -0.630. The van der Waals surface area contributed by atoms with Gasteiger partial charge in [0.2, 0.25) is 0 Å². The Balaban J connectivity index is 2.26. The summed E-state index contributed by atoms with van der Waals surface area (Å²) >= 11 is 6.15. The van der Waals surface area contributed by atoms with E-state index in [0.717, 1.165) is 17.4 Å². The molecule has 0 radical (unpaired) electrons. The van der Waals surface area contributed by atoms with Crippen molar-refractivity contribution in [2.24, 2.45) is 5.92 Å². The second-order valence-electron chi connectivity index (χ2n) is 6.47. The highest BCUT2D eigenvalue weighted by Crippen LogP contribution is 2.39. The number of nitrogens with zero attached hydrogens (tertiary/aromatic N) is 2. The Morgan fingerprint density at radius 2 is 2.00 bits per heavy atom. The summed E-state index contributed by atoms with van der Waals surface area (Å²) in [5.41, 5.74) is 1.09. The molecule has 1 saturated carbocycles. The molecule has 1 fully saturated rings. The SMILES string of the molecule is CCC1CCC(c2nc(Cl)cc(C(C)(C)C)n2)C1. The van der Waals surface area contributed by atoms with Crippen molar-refractivity contribution in [1.82, 2.24) is 9.97 Å². The second kappa shape index (κ2) is 5.16. The lowest BCUT2D eigenvalue weighted by molar-refractivity contribution is 0.511. The molecule has 2 unspecified atom stereocenters. The van der Waals surface area contributed by atoms with Crippen LogP contribution in [0.3, 0.4) is 0 Å². The molecule has 0 bridgehead atoms. The van der Waals surface area contributed by atoms with E-state index >= 15 is 0 Å². The van der Waals surface area contributed by atoms with E-state index in [9.17, 15) is 0 Å². The molecule has 1 heterocycles. The third-order valence-corrected chi connectivity index (χ3v) is 4.16. The van der Waals surface area contributed by atoms with Gasteiger partial charge >= 0.3 is 0 Å². The highest BCUT2D eigenvalue weighted by Gasteiger charge is 2.28. The van der Waals surface area contributed by atoms with Crippen molar-refractivity contribution in [1.29, 1.82) is 0 Å². The lowest BCUT2D eigenvalue weighted by Gasteiger charge is -2.20. The summed E-state index contributed by atoms with van der Waals surface area (Å²) in [4.78, 5) is 9.21. The molecule has 0 aliphatic heterocycles. The van der Waals surface area contributed by atoms with Gasteiger partial charge in [0, 0.05) is 11.3 Å². The predicted octanol–water partition coefficient (Wildman–Crippen LogP) is 4.72. The minimum atomic E-state index is 0.0318. The van der Waals surface area contributed by atoms with Gasteiger partial charge in [0.15, 0.2) is 0 Å². The molecule has 0 spiro atoms. The van der Waals surface area contributed by atoms with E-state index in [2.05, 4.69) is 32.7 Å². The first-order valence-electron chi connectivity index (χ1n) is 6.95. The van der Waals surface area contributed by atoms with E-state index in [1.165, 1.54) is 25.7 Å². The van der Waals surface area contributed by atoms with Gasteiger partial charge in [-0.15, -0.1) is 0 Å². The van der Waals surface area contributed by atoms with Crippen molar-refractivity contribution in [3.8, 4) is 0 Å². The summed E-state index contributed by atoms with van der Waals surface area (Å²) in [5.74, 6) is 2.31. The van der Waals surface area contributed by atoms with Gasteiger partial charge in [0.05, 0.1) is 5.69 Å². The molecular weight excluding hydrogens is 244 g/mol. The summed E-state index contributed by atoms with van der Waals surface area (Å²) in [7, 11) is 0. The minimum absolute atomic E-state index is 0.0318.